The molecule has 0 saturated heterocycles. The van der Waals surface area contributed by atoms with Crippen molar-refractivity contribution in [1.29, 1.82) is 0 Å². The molecule has 1 saturated carbocycles. The average molecular weight is 191 g/mol. The lowest BCUT2D eigenvalue weighted by Gasteiger charge is -2.07. The third kappa shape index (κ3) is 2.22. The molecule has 0 bridgehead atoms. The van der Waals surface area contributed by atoms with Crippen molar-refractivity contribution >= 4 is 5.82 Å². The summed E-state index contributed by atoms with van der Waals surface area (Å²) in [5, 5.41) is 0. The van der Waals surface area contributed by atoms with Crippen LogP contribution in [0.5, 0.6) is 0 Å². The SMILES string of the molecule is CC(C)c1cc(N)nc(CC2CC2)n1. The molecule has 0 unspecified atom stereocenters. The molecule has 0 aromatic carbocycles. The molecule has 1 heterocycles. The number of aromatic nitrogens is 2. The van der Waals surface area contributed by atoms with Gasteiger partial charge in [0.15, 0.2) is 0 Å². The van der Waals surface area contributed by atoms with Crippen molar-refractivity contribution in [2.75, 3.05) is 5.73 Å². The van der Waals surface area contributed by atoms with Crippen LogP contribution in [0, 0.1) is 5.92 Å². The lowest BCUT2D eigenvalue weighted by atomic mass is 10.1. The van der Waals surface area contributed by atoms with E-state index < -0.39 is 0 Å². The van der Waals surface area contributed by atoms with E-state index in [0.717, 1.165) is 23.9 Å². The van der Waals surface area contributed by atoms with Gasteiger partial charge >= 0.3 is 0 Å². The standard InChI is InChI=1S/C11H17N3/c1-7(2)9-6-10(12)14-11(13-9)5-8-3-4-8/h6-8H,3-5H2,1-2H3,(H2,12,13,14). The predicted molar refractivity (Wildman–Crippen MR) is 57.0 cm³/mol. The molecule has 0 spiro atoms. The van der Waals surface area contributed by atoms with E-state index in [2.05, 4.69) is 23.8 Å². The van der Waals surface area contributed by atoms with E-state index in [9.17, 15) is 0 Å². The number of nitrogen functional groups attached to an aromatic ring is 1. The average Bonchev–Trinajstić information content (AvgIpc) is 2.87. The minimum Gasteiger partial charge on any atom is -0.384 e. The molecule has 1 aliphatic rings. The summed E-state index contributed by atoms with van der Waals surface area (Å²) in [7, 11) is 0. The van der Waals surface area contributed by atoms with Crippen molar-refractivity contribution in [2.24, 2.45) is 5.92 Å². The molecule has 2 rings (SSSR count). The topological polar surface area (TPSA) is 51.8 Å². The monoisotopic (exact) mass is 191 g/mol. The van der Waals surface area contributed by atoms with Gasteiger partial charge in [-0.3, -0.25) is 0 Å². The summed E-state index contributed by atoms with van der Waals surface area (Å²) in [4.78, 5) is 8.79. The minimum atomic E-state index is 0.429. The molecule has 0 atom stereocenters. The summed E-state index contributed by atoms with van der Waals surface area (Å²) in [6, 6.07) is 1.88. The van der Waals surface area contributed by atoms with Crippen molar-refractivity contribution in [3.05, 3.63) is 17.6 Å². The molecule has 14 heavy (non-hydrogen) atoms. The number of anilines is 1. The van der Waals surface area contributed by atoms with Gasteiger partial charge in [-0.1, -0.05) is 13.8 Å². The second kappa shape index (κ2) is 3.56. The molecular formula is C11H17N3. The zero-order chi connectivity index (χ0) is 10.1. The molecule has 76 valence electrons. The molecule has 3 nitrogen and oxygen atoms in total. The third-order valence-electron chi connectivity index (χ3n) is 2.57. The first-order chi connectivity index (χ1) is 6.65. The molecule has 0 aliphatic heterocycles. The van der Waals surface area contributed by atoms with Gasteiger partial charge in [0.2, 0.25) is 0 Å². The van der Waals surface area contributed by atoms with Crippen LogP contribution in [0.25, 0.3) is 0 Å². The number of nitrogens with zero attached hydrogens (tertiary/aromatic N) is 2. The third-order valence-corrected chi connectivity index (χ3v) is 2.57. The van der Waals surface area contributed by atoms with E-state index in [4.69, 9.17) is 5.73 Å². The fraction of sp³-hybridized carbons (Fsp3) is 0.636. The fourth-order valence-corrected chi connectivity index (χ4v) is 1.51. The van der Waals surface area contributed by atoms with Crippen LogP contribution in [-0.2, 0) is 6.42 Å². The van der Waals surface area contributed by atoms with E-state index >= 15 is 0 Å². The molecule has 1 aromatic heterocycles. The molecule has 0 amide bonds. The van der Waals surface area contributed by atoms with E-state index in [1.165, 1.54) is 12.8 Å². The van der Waals surface area contributed by atoms with Gasteiger partial charge in [-0.05, 0) is 24.7 Å². The number of hydrogen-bond donors (Lipinski definition) is 1. The van der Waals surface area contributed by atoms with Crippen LogP contribution in [0.2, 0.25) is 0 Å². The first kappa shape index (κ1) is 9.44. The highest BCUT2D eigenvalue weighted by molar-refractivity contribution is 5.31. The summed E-state index contributed by atoms with van der Waals surface area (Å²) < 4.78 is 0. The fourth-order valence-electron chi connectivity index (χ4n) is 1.51. The van der Waals surface area contributed by atoms with Crippen molar-refractivity contribution in [3.8, 4) is 0 Å². The molecule has 1 aliphatic carbocycles. The van der Waals surface area contributed by atoms with Crippen LogP contribution in [0.4, 0.5) is 5.82 Å². The Morgan fingerprint density at radius 1 is 1.43 bits per heavy atom. The predicted octanol–water partition coefficient (Wildman–Crippen LogP) is 2.13. The normalized spacial score (nSPS) is 16.2. The maximum Gasteiger partial charge on any atom is 0.131 e. The van der Waals surface area contributed by atoms with Crippen molar-refractivity contribution in [2.45, 2.75) is 39.0 Å². The summed E-state index contributed by atoms with van der Waals surface area (Å²) in [6.45, 7) is 4.26. The molecular weight excluding hydrogens is 174 g/mol. The van der Waals surface area contributed by atoms with Crippen LogP contribution >= 0.6 is 0 Å². The largest absolute Gasteiger partial charge is 0.384 e. The molecule has 3 heteroatoms. The van der Waals surface area contributed by atoms with Crippen LogP contribution < -0.4 is 5.73 Å². The molecule has 1 fully saturated rings. The van der Waals surface area contributed by atoms with Gasteiger partial charge in [-0.2, -0.15) is 0 Å². The van der Waals surface area contributed by atoms with E-state index in [1.807, 2.05) is 6.07 Å². The van der Waals surface area contributed by atoms with Crippen molar-refractivity contribution < 1.29 is 0 Å². The highest BCUT2D eigenvalue weighted by atomic mass is 14.9. The second-order valence-corrected chi connectivity index (χ2v) is 4.44. The van der Waals surface area contributed by atoms with Crippen LogP contribution in [-0.4, -0.2) is 9.97 Å². The Kier molecular flexibility index (Phi) is 2.40. The Hall–Kier alpha value is -1.12. The quantitative estimate of drug-likeness (QED) is 0.796. The van der Waals surface area contributed by atoms with Gasteiger partial charge in [-0.25, -0.2) is 9.97 Å². The van der Waals surface area contributed by atoms with Crippen molar-refractivity contribution in [1.82, 2.24) is 9.97 Å². The molecule has 2 N–H and O–H groups in total. The number of rotatable bonds is 3. The Bertz CT molecular complexity index is 329. The smallest absolute Gasteiger partial charge is 0.131 e. The first-order valence-electron chi connectivity index (χ1n) is 5.28. The van der Waals surface area contributed by atoms with Crippen molar-refractivity contribution in [3.63, 3.8) is 0 Å². The van der Waals surface area contributed by atoms with Crippen LogP contribution in [0.3, 0.4) is 0 Å². The summed E-state index contributed by atoms with van der Waals surface area (Å²) in [5.41, 5.74) is 6.81. The summed E-state index contributed by atoms with van der Waals surface area (Å²) >= 11 is 0. The Morgan fingerprint density at radius 2 is 2.14 bits per heavy atom. The summed E-state index contributed by atoms with van der Waals surface area (Å²) in [6.07, 6.45) is 3.66. The number of nitrogens with two attached hydrogens (primary N) is 1. The summed E-state index contributed by atoms with van der Waals surface area (Å²) in [5.74, 6) is 2.78. The zero-order valence-corrected chi connectivity index (χ0v) is 8.83. The molecule has 0 radical (unpaired) electrons. The van der Waals surface area contributed by atoms with E-state index in [-0.39, 0.29) is 0 Å². The van der Waals surface area contributed by atoms with Gasteiger partial charge in [0, 0.05) is 18.2 Å². The Morgan fingerprint density at radius 3 is 2.71 bits per heavy atom. The highest BCUT2D eigenvalue weighted by Gasteiger charge is 2.23. The Labute approximate surface area is 84.8 Å². The lowest BCUT2D eigenvalue weighted by molar-refractivity contribution is 0.735. The van der Waals surface area contributed by atoms with Gasteiger partial charge < -0.3 is 5.73 Å². The lowest BCUT2D eigenvalue weighted by Crippen LogP contribution is -2.05. The van der Waals surface area contributed by atoms with Crippen LogP contribution in [0.15, 0.2) is 6.07 Å². The molecule has 1 aromatic rings. The van der Waals surface area contributed by atoms with Crippen LogP contribution in [0.1, 0.15) is 44.1 Å². The van der Waals surface area contributed by atoms with Gasteiger partial charge in [0.1, 0.15) is 11.6 Å². The second-order valence-electron chi connectivity index (χ2n) is 4.44. The maximum absolute atomic E-state index is 5.74. The maximum atomic E-state index is 5.74. The van der Waals surface area contributed by atoms with Gasteiger partial charge in [0.05, 0.1) is 0 Å². The first-order valence-corrected chi connectivity index (χ1v) is 5.28. The zero-order valence-electron chi connectivity index (χ0n) is 8.83. The number of hydrogen-bond acceptors (Lipinski definition) is 3. The van der Waals surface area contributed by atoms with E-state index in [0.29, 0.717) is 11.7 Å². The minimum absolute atomic E-state index is 0.429. The highest BCUT2D eigenvalue weighted by Crippen LogP contribution is 2.32. The Balaban J connectivity index is 2.21. The van der Waals surface area contributed by atoms with Gasteiger partial charge in [0.25, 0.3) is 0 Å². The van der Waals surface area contributed by atoms with E-state index in [1.54, 1.807) is 0 Å². The van der Waals surface area contributed by atoms with Gasteiger partial charge in [-0.15, -0.1) is 0 Å².